The van der Waals surface area contributed by atoms with Crippen LogP contribution < -0.4 is 5.32 Å². The Hall–Kier alpha value is -0.290. The van der Waals surface area contributed by atoms with Crippen LogP contribution in [0.5, 0.6) is 0 Å². The molecule has 1 heterocycles. The number of nitrogens with one attached hydrogen (secondary N) is 1. The van der Waals surface area contributed by atoms with Crippen molar-refractivity contribution in [3.05, 3.63) is 0 Å². The first-order valence-corrected chi connectivity index (χ1v) is 6.88. The number of carbonyl (C=O) groups is 1. The van der Waals surface area contributed by atoms with E-state index in [1.165, 1.54) is 0 Å². The van der Waals surface area contributed by atoms with E-state index in [9.17, 15) is 13.2 Å². The fourth-order valence-electron chi connectivity index (χ4n) is 1.58. The van der Waals surface area contributed by atoms with Gasteiger partial charge in [-0.25, -0.2) is 8.42 Å². The molecule has 2 rings (SSSR count). The molecule has 14 heavy (non-hydrogen) atoms. The van der Waals surface area contributed by atoms with Gasteiger partial charge >= 0.3 is 0 Å². The molecule has 1 saturated heterocycles. The van der Waals surface area contributed by atoms with Crippen molar-refractivity contribution < 1.29 is 13.2 Å². The molecule has 2 fully saturated rings. The van der Waals surface area contributed by atoms with Crippen LogP contribution >= 0.6 is 11.6 Å². The highest BCUT2D eigenvalue weighted by Crippen LogP contribution is 2.29. The molecule has 0 spiro atoms. The van der Waals surface area contributed by atoms with Crippen LogP contribution in [-0.4, -0.2) is 37.2 Å². The van der Waals surface area contributed by atoms with Gasteiger partial charge in [0.2, 0.25) is 5.91 Å². The lowest BCUT2D eigenvalue weighted by Gasteiger charge is -2.13. The molecule has 6 heteroatoms. The SMILES string of the molecule is O=C(N[C@H]1CS(=O)(=O)C[C@H]1Cl)C1CC1. The summed E-state index contributed by atoms with van der Waals surface area (Å²) in [6, 6.07) is -0.394. The Morgan fingerprint density at radius 2 is 1.93 bits per heavy atom. The maximum Gasteiger partial charge on any atom is 0.223 e. The zero-order valence-corrected chi connectivity index (χ0v) is 9.14. The highest BCUT2D eigenvalue weighted by Gasteiger charge is 2.39. The molecule has 0 radical (unpaired) electrons. The highest BCUT2D eigenvalue weighted by atomic mass is 35.5. The number of alkyl halides is 1. The Balaban J connectivity index is 1.95. The first-order valence-electron chi connectivity index (χ1n) is 4.63. The summed E-state index contributed by atoms with van der Waals surface area (Å²) < 4.78 is 22.4. The Morgan fingerprint density at radius 3 is 2.36 bits per heavy atom. The summed E-state index contributed by atoms with van der Waals surface area (Å²) >= 11 is 5.84. The third-order valence-electron chi connectivity index (χ3n) is 2.56. The van der Waals surface area contributed by atoms with Crippen LogP contribution in [0.1, 0.15) is 12.8 Å². The molecule has 1 amide bonds. The third-order valence-corrected chi connectivity index (χ3v) is 4.93. The summed E-state index contributed by atoms with van der Waals surface area (Å²) in [6.45, 7) is 0. The van der Waals surface area contributed by atoms with E-state index in [4.69, 9.17) is 11.6 Å². The van der Waals surface area contributed by atoms with E-state index in [1.807, 2.05) is 0 Å². The zero-order chi connectivity index (χ0) is 10.3. The van der Waals surface area contributed by atoms with Gasteiger partial charge in [-0.2, -0.15) is 0 Å². The van der Waals surface area contributed by atoms with E-state index in [2.05, 4.69) is 5.32 Å². The second kappa shape index (κ2) is 3.38. The molecule has 1 saturated carbocycles. The summed E-state index contributed by atoms with van der Waals surface area (Å²) in [7, 11) is -3.04. The zero-order valence-electron chi connectivity index (χ0n) is 7.57. The number of carbonyl (C=O) groups excluding carboxylic acids is 1. The van der Waals surface area contributed by atoms with E-state index >= 15 is 0 Å². The molecule has 2 atom stereocenters. The monoisotopic (exact) mass is 237 g/mol. The molecule has 0 aromatic carbocycles. The predicted molar refractivity (Wildman–Crippen MR) is 52.9 cm³/mol. The summed E-state index contributed by atoms with van der Waals surface area (Å²) in [4.78, 5) is 11.4. The molecule has 0 bridgehead atoms. The Morgan fingerprint density at radius 1 is 1.29 bits per heavy atom. The van der Waals surface area contributed by atoms with Crippen molar-refractivity contribution in [2.24, 2.45) is 5.92 Å². The van der Waals surface area contributed by atoms with Gasteiger partial charge in [0, 0.05) is 5.92 Å². The average Bonchev–Trinajstić information content (AvgIpc) is 2.79. The minimum Gasteiger partial charge on any atom is -0.351 e. The van der Waals surface area contributed by atoms with Crippen LogP contribution in [0, 0.1) is 5.92 Å². The predicted octanol–water partition coefficient (Wildman–Crippen LogP) is -0.0830. The topological polar surface area (TPSA) is 63.2 Å². The molecule has 0 unspecified atom stereocenters. The Kier molecular flexibility index (Phi) is 2.47. The first-order chi connectivity index (χ1) is 6.48. The molecule has 4 nitrogen and oxygen atoms in total. The van der Waals surface area contributed by atoms with Crippen molar-refractivity contribution in [2.45, 2.75) is 24.3 Å². The lowest BCUT2D eigenvalue weighted by Crippen LogP contribution is -2.41. The van der Waals surface area contributed by atoms with Gasteiger partial charge in [0.25, 0.3) is 0 Å². The van der Waals surface area contributed by atoms with Gasteiger partial charge in [-0.1, -0.05) is 0 Å². The average molecular weight is 238 g/mol. The Labute approximate surface area is 87.9 Å². The second-order valence-corrected chi connectivity index (χ2v) is 6.70. The maximum atomic E-state index is 11.4. The van der Waals surface area contributed by atoms with Crippen LogP contribution in [-0.2, 0) is 14.6 Å². The van der Waals surface area contributed by atoms with Crippen LogP contribution in [0.4, 0.5) is 0 Å². The fraction of sp³-hybridized carbons (Fsp3) is 0.875. The lowest BCUT2D eigenvalue weighted by molar-refractivity contribution is -0.122. The molecule has 1 N–H and O–H groups in total. The summed E-state index contributed by atoms with van der Waals surface area (Å²) in [6.07, 6.45) is 1.83. The molecule has 1 aliphatic carbocycles. The minimum absolute atomic E-state index is 0.0143. The molecule has 2 aliphatic rings. The molecular formula is C8H12ClNO3S. The van der Waals surface area contributed by atoms with Crippen LogP contribution in [0.25, 0.3) is 0 Å². The number of amides is 1. The smallest absolute Gasteiger partial charge is 0.223 e. The summed E-state index contributed by atoms with van der Waals surface area (Å²) in [5, 5.41) is 2.23. The second-order valence-electron chi connectivity index (χ2n) is 3.98. The van der Waals surface area contributed by atoms with Crippen molar-refractivity contribution in [1.29, 1.82) is 0 Å². The molecule has 0 aromatic rings. The largest absolute Gasteiger partial charge is 0.351 e. The number of halogens is 1. The van der Waals surface area contributed by atoms with Gasteiger partial charge in [0.1, 0.15) is 0 Å². The standard InChI is InChI=1S/C8H12ClNO3S/c9-6-3-14(12,13)4-7(6)10-8(11)5-1-2-5/h5-7H,1-4H2,(H,10,11)/t6-,7+/m1/s1. The van der Waals surface area contributed by atoms with Crippen LogP contribution in [0.2, 0.25) is 0 Å². The number of hydrogen-bond donors (Lipinski definition) is 1. The van der Waals surface area contributed by atoms with E-state index in [1.54, 1.807) is 0 Å². The number of hydrogen-bond acceptors (Lipinski definition) is 3. The van der Waals surface area contributed by atoms with E-state index in [0.717, 1.165) is 12.8 Å². The highest BCUT2D eigenvalue weighted by molar-refractivity contribution is 7.91. The molecular weight excluding hydrogens is 226 g/mol. The summed E-state index contributed by atoms with van der Waals surface area (Å²) in [5.74, 6) is 0.0176. The van der Waals surface area contributed by atoms with Gasteiger partial charge in [-0.05, 0) is 12.8 Å². The normalized spacial score (nSPS) is 35.5. The first kappa shape index (κ1) is 10.2. The number of sulfone groups is 1. The Bertz CT molecular complexity index is 350. The van der Waals surface area contributed by atoms with E-state index in [0.29, 0.717) is 0 Å². The van der Waals surface area contributed by atoms with Crippen molar-refractivity contribution in [3.63, 3.8) is 0 Å². The lowest BCUT2D eigenvalue weighted by atomic mass is 10.2. The van der Waals surface area contributed by atoms with Gasteiger partial charge in [-0.3, -0.25) is 4.79 Å². The number of rotatable bonds is 2. The van der Waals surface area contributed by atoms with Gasteiger partial charge in [0.05, 0.1) is 22.9 Å². The molecule has 0 aromatic heterocycles. The third kappa shape index (κ3) is 2.20. The minimum atomic E-state index is -3.04. The van der Waals surface area contributed by atoms with E-state index in [-0.39, 0.29) is 23.3 Å². The van der Waals surface area contributed by atoms with Crippen molar-refractivity contribution >= 4 is 27.3 Å². The van der Waals surface area contributed by atoms with Crippen molar-refractivity contribution in [3.8, 4) is 0 Å². The maximum absolute atomic E-state index is 11.4. The van der Waals surface area contributed by atoms with Crippen molar-refractivity contribution in [1.82, 2.24) is 5.32 Å². The van der Waals surface area contributed by atoms with Gasteiger partial charge in [0.15, 0.2) is 9.84 Å². The van der Waals surface area contributed by atoms with Crippen molar-refractivity contribution in [2.75, 3.05) is 11.5 Å². The quantitative estimate of drug-likeness (QED) is 0.684. The molecule has 1 aliphatic heterocycles. The summed E-state index contributed by atoms with van der Waals surface area (Å²) in [5.41, 5.74) is 0. The van der Waals surface area contributed by atoms with Gasteiger partial charge < -0.3 is 5.32 Å². The molecule has 80 valence electrons. The van der Waals surface area contributed by atoms with Crippen LogP contribution in [0.3, 0.4) is 0 Å². The fourth-order valence-corrected chi connectivity index (χ4v) is 4.13. The van der Waals surface area contributed by atoms with E-state index < -0.39 is 21.3 Å². The van der Waals surface area contributed by atoms with Crippen LogP contribution in [0.15, 0.2) is 0 Å². The van der Waals surface area contributed by atoms with Gasteiger partial charge in [-0.15, -0.1) is 11.6 Å².